The number of imide groups is 1. The SMILES string of the molecule is CCOC(=O)[C@@]1(c2ccccc2)O[C@@H](c2ccccc2)[C@@H](C(=O)N2C(=O)OC[C@@H]2C(C)C)[C@@H]1CC. The van der Waals surface area contributed by atoms with Crippen molar-refractivity contribution >= 4 is 18.0 Å². The Morgan fingerprint density at radius 2 is 1.69 bits per heavy atom. The number of hydrogen-bond donors (Lipinski definition) is 0. The first-order valence-electron chi connectivity index (χ1n) is 12.3. The van der Waals surface area contributed by atoms with Crippen molar-refractivity contribution in [2.24, 2.45) is 17.8 Å². The Balaban J connectivity index is 1.89. The number of cyclic esters (lactones) is 1. The van der Waals surface area contributed by atoms with Gasteiger partial charge in [0.15, 0.2) is 5.60 Å². The molecule has 0 aliphatic carbocycles. The van der Waals surface area contributed by atoms with Crippen molar-refractivity contribution in [2.45, 2.75) is 51.9 Å². The molecular formula is C28H33NO6. The summed E-state index contributed by atoms with van der Waals surface area (Å²) in [4.78, 5) is 41.9. The van der Waals surface area contributed by atoms with E-state index < -0.39 is 35.6 Å². The molecule has 2 aromatic rings. The predicted molar refractivity (Wildman–Crippen MR) is 129 cm³/mol. The maximum absolute atomic E-state index is 14.2. The first-order chi connectivity index (χ1) is 16.9. The van der Waals surface area contributed by atoms with Gasteiger partial charge in [-0.05, 0) is 30.4 Å². The first kappa shape index (κ1) is 24.9. The Kier molecular flexibility index (Phi) is 7.26. The van der Waals surface area contributed by atoms with Crippen LogP contribution in [0.3, 0.4) is 0 Å². The minimum absolute atomic E-state index is 0.0203. The second-order valence-corrected chi connectivity index (χ2v) is 9.41. The molecule has 5 atom stereocenters. The first-order valence-corrected chi connectivity index (χ1v) is 12.3. The Hall–Kier alpha value is -3.19. The van der Waals surface area contributed by atoms with E-state index in [-0.39, 0.29) is 31.1 Å². The van der Waals surface area contributed by atoms with Gasteiger partial charge in [-0.1, -0.05) is 81.4 Å². The van der Waals surface area contributed by atoms with Crippen molar-refractivity contribution in [3.05, 3.63) is 71.8 Å². The molecule has 2 amide bonds. The minimum atomic E-state index is -1.50. The van der Waals surface area contributed by atoms with Gasteiger partial charge in [0.1, 0.15) is 6.61 Å². The molecule has 0 bridgehead atoms. The fourth-order valence-electron chi connectivity index (χ4n) is 5.45. The second kappa shape index (κ2) is 10.2. The molecule has 0 N–H and O–H groups in total. The summed E-state index contributed by atoms with van der Waals surface area (Å²) in [6.45, 7) is 7.92. The van der Waals surface area contributed by atoms with Crippen LogP contribution in [0.5, 0.6) is 0 Å². The van der Waals surface area contributed by atoms with Crippen LogP contribution in [-0.4, -0.2) is 42.1 Å². The molecule has 2 aliphatic heterocycles. The Bertz CT molecular complexity index is 1060. The summed E-state index contributed by atoms with van der Waals surface area (Å²) in [6.07, 6.45) is -0.939. The molecule has 2 fully saturated rings. The topological polar surface area (TPSA) is 82.1 Å². The summed E-state index contributed by atoms with van der Waals surface area (Å²) in [6, 6.07) is 18.2. The van der Waals surface area contributed by atoms with E-state index in [0.29, 0.717) is 12.0 Å². The lowest BCUT2D eigenvalue weighted by molar-refractivity contribution is -0.177. The molecule has 35 heavy (non-hydrogen) atoms. The van der Waals surface area contributed by atoms with Gasteiger partial charge in [-0.15, -0.1) is 0 Å². The fourth-order valence-corrected chi connectivity index (χ4v) is 5.45. The van der Waals surface area contributed by atoms with Crippen LogP contribution in [0, 0.1) is 17.8 Å². The van der Waals surface area contributed by atoms with Crippen LogP contribution in [0.25, 0.3) is 0 Å². The highest BCUT2D eigenvalue weighted by atomic mass is 16.6. The number of carbonyl (C=O) groups is 3. The smallest absolute Gasteiger partial charge is 0.416 e. The number of esters is 1. The largest absolute Gasteiger partial charge is 0.464 e. The van der Waals surface area contributed by atoms with Gasteiger partial charge in [-0.25, -0.2) is 14.5 Å². The molecule has 0 spiro atoms. The van der Waals surface area contributed by atoms with E-state index >= 15 is 0 Å². The summed E-state index contributed by atoms with van der Waals surface area (Å²) < 4.78 is 17.5. The van der Waals surface area contributed by atoms with E-state index in [0.717, 1.165) is 5.56 Å². The number of hydrogen-bond acceptors (Lipinski definition) is 6. The van der Waals surface area contributed by atoms with Crippen molar-refractivity contribution in [1.29, 1.82) is 0 Å². The summed E-state index contributed by atoms with van der Waals surface area (Å²) >= 11 is 0. The molecule has 0 radical (unpaired) electrons. The van der Waals surface area contributed by atoms with E-state index in [1.807, 2.05) is 81.4 Å². The second-order valence-electron chi connectivity index (χ2n) is 9.41. The average molecular weight is 480 g/mol. The van der Waals surface area contributed by atoms with Crippen LogP contribution in [0.15, 0.2) is 60.7 Å². The van der Waals surface area contributed by atoms with Crippen LogP contribution in [0.4, 0.5) is 4.79 Å². The van der Waals surface area contributed by atoms with Gasteiger partial charge in [0.05, 0.1) is 24.7 Å². The maximum atomic E-state index is 14.2. The maximum Gasteiger partial charge on any atom is 0.416 e. The van der Waals surface area contributed by atoms with Crippen LogP contribution in [0.1, 0.15) is 51.3 Å². The van der Waals surface area contributed by atoms with Crippen LogP contribution < -0.4 is 0 Å². The van der Waals surface area contributed by atoms with Gasteiger partial charge < -0.3 is 14.2 Å². The van der Waals surface area contributed by atoms with E-state index in [1.165, 1.54) is 4.90 Å². The van der Waals surface area contributed by atoms with Gasteiger partial charge in [0.25, 0.3) is 0 Å². The molecule has 7 heteroatoms. The number of rotatable bonds is 7. The molecule has 2 aromatic carbocycles. The van der Waals surface area contributed by atoms with Crippen LogP contribution in [0.2, 0.25) is 0 Å². The molecule has 4 rings (SSSR count). The normalized spacial score (nSPS) is 28.3. The lowest BCUT2D eigenvalue weighted by Gasteiger charge is -2.34. The molecule has 7 nitrogen and oxygen atoms in total. The van der Waals surface area contributed by atoms with Crippen molar-refractivity contribution < 1.29 is 28.6 Å². The quantitative estimate of drug-likeness (QED) is 0.528. The highest BCUT2D eigenvalue weighted by Gasteiger charge is 2.64. The lowest BCUT2D eigenvalue weighted by Crippen LogP contribution is -2.49. The summed E-state index contributed by atoms with van der Waals surface area (Å²) in [5.41, 5.74) is -0.102. The molecular weight excluding hydrogens is 446 g/mol. The third kappa shape index (κ3) is 4.22. The lowest BCUT2D eigenvalue weighted by atomic mass is 9.72. The highest BCUT2D eigenvalue weighted by molar-refractivity contribution is 5.96. The Morgan fingerprint density at radius 3 is 2.26 bits per heavy atom. The van der Waals surface area contributed by atoms with E-state index in [9.17, 15) is 14.4 Å². The summed E-state index contributed by atoms with van der Waals surface area (Å²) in [5.74, 6) is -2.25. The van der Waals surface area contributed by atoms with Crippen molar-refractivity contribution in [2.75, 3.05) is 13.2 Å². The number of carbonyl (C=O) groups excluding carboxylic acids is 3. The summed E-state index contributed by atoms with van der Waals surface area (Å²) in [5, 5.41) is 0. The van der Waals surface area contributed by atoms with Gasteiger partial charge >= 0.3 is 12.1 Å². The van der Waals surface area contributed by atoms with Gasteiger partial charge in [0, 0.05) is 5.92 Å². The van der Waals surface area contributed by atoms with Crippen LogP contribution >= 0.6 is 0 Å². The third-order valence-electron chi connectivity index (χ3n) is 7.14. The molecule has 186 valence electrons. The van der Waals surface area contributed by atoms with Crippen molar-refractivity contribution in [1.82, 2.24) is 4.90 Å². The Morgan fingerprint density at radius 1 is 1.06 bits per heavy atom. The van der Waals surface area contributed by atoms with Crippen molar-refractivity contribution in [3.63, 3.8) is 0 Å². The number of amides is 2. The van der Waals surface area contributed by atoms with Gasteiger partial charge in [-0.3, -0.25) is 4.79 Å². The number of benzene rings is 2. The molecule has 2 saturated heterocycles. The standard InChI is InChI=1S/C28H33NO6/c1-5-21-23(25(30)29-22(18(3)4)17-34-27(29)32)24(19-13-9-7-10-14-19)35-28(21,26(31)33-6-2)20-15-11-8-12-16-20/h7-16,18,21-24H,5-6,17H2,1-4H3/t21-,22+,23-,24-,28-/m0/s1. The molecule has 0 unspecified atom stereocenters. The predicted octanol–water partition coefficient (Wildman–Crippen LogP) is 4.86. The van der Waals surface area contributed by atoms with Crippen LogP contribution in [-0.2, 0) is 29.4 Å². The third-order valence-corrected chi connectivity index (χ3v) is 7.14. The molecule has 2 heterocycles. The monoisotopic (exact) mass is 479 g/mol. The van der Waals surface area contributed by atoms with Gasteiger partial charge in [-0.2, -0.15) is 0 Å². The van der Waals surface area contributed by atoms with Crippen molar-refractivity contribution in [3.8, 4) is 0 Å². The fraction of sp³-hybridized carbons (Fsp3) is 0.464. The number of nitrogens with zero attached hydrogens (tertiary/aromatic N) is 1. The zero-order valence-corrected chi connectivity index (χ0v) is 20.7. The molecule has 2 aliphatic rings. The van der Waals surface area contributed by atoms with E-state index in [4.69, 9.17) is 14.2 Å². The van der Waals surface area contributed by atoms with Gasteiger partial charge in [0.2, 0.25) is 5.91 Å². The van der Waals surface area contributed by atoms with E-state index in [2.05, 4.69) is 0 Å². The zero-order valence-electron chi connectivity index (χ0n) is 20.7. The summed E-state index contributed by atoms with van der Waals surface area (Å²) in [7, 11) is 0. The number of ether oxygens (including phenoxy) is 3. The zero-order chi connectivity index (χ0) is 25.2. The highest BCUT2D eigenvalue weighted by Crippen LogP contribution is 2.56. The minimum Gasteiger partial charge on any atom is -0.464 e. The molecule has 0 saturated carbocycles. The van der Waals surface area contributed by atoms with E-state index in [1.54, 1.807) is 6.92 Å². The Labute approximate surface area is 206 Å². The molecule has 0 aromatic heterocycles. The average Bonchev–Trinajstić information content (AvgIpc) is 3.44.